The smallest absolute Gasteiger partial charge is 0.244 e. The van der Waals surface area contributed by atoms with Crippen LogP contribution in [0.3, 0.4) is 0 Å². The Morgan fingerprint density at radius 3 is 2.67 bits per heavy atom. The van der Waals surface area contributed by atoms with Gasteiger partial charge in [-0.25, -0.2) is 4.39 Å². The van der Waals surface area contributed by atoms with Crippen LogP contribution in [0.15, 0.2) is 53.5 Å². The maximum absolute atomic E-state index is 13.1. The molecule has 2 aromatic carbocycles. The van der Waals surface area contributed by atoms with Crippen molar-refractivity contribution in [1.29, 1.82) is 0 Å². The zero-order valence-electron chi connectivity index (χ0n) is 12.2. The van der Waals surface area contributed by atoms with E-state index in [2.05, 4.69) is 5.32 Å². The minimum Gasteiger partial charge on any atom is -0.338 e. The quantitative estimate of drug-likeness (QED) is 0.760. The van der Waals surface area contributed by atoms with Crippen molar-refractivity contribution in [3.63, 3.8) is 0 Å². The highest BCUT2D eigenvalue weighted by Gasteiger charge is 2.09. The third-order valence-corrected chi connectivity index (χ3v) is 3.98. The number of benzene rings is 2. The third-order valence-electron chi connectivity index (χ3n) is 3.46. The van der Waals surface area contributed by atoms with Gasteiger partial charge < -0.3 is 9.88 Å². The van der Waals surface area contributed by atoms with Crippen molar-refractivity contribution in [3.05, 3.63) is 74.7 Å². The molecule has 1 aromatic heterocycles. The van der Waals surface area contributed by atoms with E-state index < -0.39 is 5.82 Å². The Labute approximate surface area is 146 Å². The van der Waals surface area contributed by atoms with Crippen LogP contribution in [0.2, 0.25) is 10.0 Å². The molecule has 0 saturated heterocycles. The van der Waals surface area contributed by atoms with Gasteiger partial charge in [-0.1, -0.05) is 23.2 Å². The first kappa shape index (κ1) is 16.5. The number of pyridine rings is 1. The summed E-state index contributed by atoms with van der Waals surface area (Å²) < 4.78 is 14.8. The number of hydrogen-bond acceptors (Lipinski definition) is 2. The summed E-state index contributed by atoms with van der Waals surface area (Å²) in [6, 6.07) is 10.2. The molecule has 122 valence electrons. The zero-order chi connectivity index (χ0) is 17.3. The first-order valence-electron chi connectivity index (χ1n) is 6.97. The fraction of sp³-hybridized carbons (Fsp3) is 0.0588. The van der Waals surface area contributed by atoms with Crippen molar-refractivity contribution in [2.45, 2.75) is 6.54 Å². The van der Waals surface area contributed by atoms with E-state index in [-0.39, 0.29) is 22.9 Å². The van der Waals surface area contributed by atoms with Crippen molar-refractivity contribution in [2.75, 3.05) is 5.32 Å². The summed E-state index contributed by atoms with van der Waals surface area (Å²) in [4.78, 5) is 24.1. The summed E-state index contributed by atoms with van der Waals surface area (Å²) in [6.07, 6.45) is 1.53. The van der Waals surface area contributed by atoms with Gasteiger partial charge in [0.2, 0.25) is 5.91 Å². The second-order valence-electron chi connectivity index (χ2n) is 5.15. The SMILES string of the molecule is O=C(Cn1ccc(=O)c2ccc(Cl)cc21)Nc1ccc(F)c(Cl)c1. The van der Waals surface area contributed by atoms with Crippen LogP contribution in [0.25, 0.3) is 10.9 Å². The van der Waals surface area contributed by atoms with E-state index in [0.717, 1.165) is 0 Å². The fourth-order valence-electron chi connectivity index (χ4n) is 2.35. The van der Waals surface area contributed by atoms with E-state index in [4.69, 9.17) is 23.2 Å². The monoisotopic (exact) mass is 364 g/mol. The van der Waals surface area contributed by atoms with E-state index in [0.29, 0.717) is 21.6 Å². The largest absolute Gasteiger partial charge is 0.338 e. The van der Waals surface area contributed by atoms with Crippen molar-refractivity contribution < 1.29 is 9.18 Å². The number of carbonyl (C=O) groups is 1. The summed E-state index contributed by atoms with van der Waals surface area (Å²) in [6.45, 7) is -0.0356. The van der Waals surface area contributed by atoms with Crippen LogP contribution in [0.4, 0.5) is 10.1 Å². The molecule has 4 nitrogen and oxygen atoms in total. The summed E-state index contributed by atoms with van der Waals surface area (Å²) in [5, 5.41) is 3.49. The van der Waals surface area contributed by atoms with Crippen LogP contribution < -0.4 is 10.7 Å². The van der Waals surface area contributed by atoms with Crippen LogP contribution in [0, 0.1) is 5.82 Å². The van der Waals surface area contributed by atoms with E-state index in [1.807, 2.05) is 0 Å². The highest BCUT2D eigenvalue weighted by atomic mass is 35.5. The molecule has 0 aliphatic carbocycles. The molecule has 0 radical (unpaired) electrons. The molecule has 3 rings (SSSR count). The fourth-order valence-corrected chi connectivity index (χ4v) is 2.69. The van der Waals surface area contributed by atoms with E-state index >= 15 is 0 Å². The van der Waals surface area contributed by atoms with Gasteiger partial charge in [0.1, 0.15) is 12.4 Å². The average Bonchev–Trinajstić information content (AvgIpc) is 2.53. The lowest BCUT2D eigenvalue weighted by Crippen LogP contribution is -2.20. The number of aromatic nitrogens is 1. The Balaban J connectivity index is 1.88. The summed E-state index contributed by atoms with van der Waals surface area (Å²) in [5.74, 6) is -0.904. The first-order chi connectivity index (χ1) is 11.4. The standard InChI is InChI=1S/C17H11Cl2FN2O2/c18-10-1-3-12-15(7-10)22(6-5-16(12)23)9-17(24)21-11-2-4-14(20)13(19)8-11/h1-8H,9H2,(H,21,24). The summed E-state index contributed by atoms with van der Waals surface area (Å²) in [7, 11) is 0. The van der Waals surface area contributed by atoms with Gasteiger partial charge in [-0.15, -0.1) is 0 Å². The molecule has 0 bridgehead atoms. The Morgan fingerprint density at radius 1 is 1.12 bits per heavy atom. The molecule has 3 aromatic rings. The highest BCUT2D eigenvalue weighted by Crippen LogP contribution is 2.20. The minimum atomic E-state index is -0.560. The Bertz CT molecular complexity index is 1000. The predicted octanol–water partition coefficient (Wildman–Crippen LogP) is 4.09. The molecular weight excluding hydrogens is 354 g/mol. The van der Waals surface area contributed by atoms with E-state index in [1.54, 1.807) is 22.8 Å². The highest BCUT2D eigenvalue weighted by molar-refractivity contribution is 6.31. The van der Waals surface area contributed by atoms with E-state index in [9.17, 15) is 14.0 Å². The number of anilines is 1. The number of nitrogens with zero attached hydrogens (tertiary/aromatic N) is 1. The molecule has 0 unspecified atom stereocenters. The van der Waals surface area contributed by atoms with Gasteiger partial charge in [0, 0.05) is 28.4 Å². The first-order valence-corrected chi connectivity index (χ1v) is 7.73. The molecule has 0 atom stereocenters. The molecule has 24 heavy (non-hydrogen) atoms. The van der Waals surface area contributed by atoms with Crippen LogP contribution in [-0.4, -0.2) is 10.5 Å². The number of fused-ring (bicyclic) bond motifs is 1. The Morgan fingerprint density at radius 2 is 1.92 bits per heavy atom. The number of nitrogens with one attached hydrogen (secondary N) is 1. The molecule has 1 N–H and O–H groups in total. The molecule has 0 aliphatic heterocycles. The van der Waals surface area contributed by atoms with Gasteiger partial charge in [0.15, 0.2) is 5.43 Å². The molecular formula is C17H11Cl2FN2O2. The van der Waals surface area contributed by atoms with Crippen molar-refractivity contribution >= 4 is 45.7 Å². The molecule has 0 aliphatic rings. The lowest BCUT2D eigenvalue weighted by atomic mass is 10.2. The van der Waals surface area contributed by atoms with Gasteiger partial charge in [0.05, 0.1) is 10.5 Å². The van der Waals surface area contributed by atoms with E-state index in [1.165, 1.54) is 30.5 Å². The minimum absolute atomic E-state index is 0.0356. The van der Waals surface area contributed by atoms with Crippen molar-refractivity contribution in [3.8, 4) is 0 Å². The maximum Gasteiger partial charge on any atom is 0.244 e. The molecule has 0 spiro atoms. The normalized spacial score (nSPS) is 10.8. The topological polar surface area (TPSA) is 51.1 Å². The van der Waals surface area contributed by atoms with Crippen LogP contribution >= 0.6 is 23.2 Å². The van der Waals surface area contributed by atoms with Crippen molar-refractivity contribution in [2.24, 2.45) is 0 Å². The lowest BCUT2D eigenvalue weighted by Gasteiger charge is -2.11. The number of amides is 1. The predicted molar refractivity (Wildman–Crippen MR) is 93.3 cm³/mol. The second-order valence-corrected chi connectivity index (χ2v) is 5.99. The van der Waals surface area contributed by atoms with Crippen LogP contribution in [0.1, 0.15) is 0 Å². The molecule has 1 heterocycles. The Hall–Kier alpha value is -2.37. The third kappa shape index (κ3) is 3.42. The number of hydrogen-bond donors (Lipinski definition) is 1. The van der Waals surface area contributed by atoms with Gasteiger partial charge in [-0.3, -0.25) is 9.59 Å². The van der Waals surface area contributed by atoms with Gasteiger partial charge in [-0.05, 0) is 36.4 Å². The lowest BCUT2D eigenvalue weighted by molar-refractivity contribution is -0.116. The maximum atomic E-state index is 13.1. The molecule has 0 saturated carbocycles. The summed E-state index contributed by atoms with van der Waals surface area (Å²) >= 11 is 11.7. The second kappa shape index (κ2) is 6.63. The zero-order valence-corrected chi connectivity index (χ0v) is 13.7. The van der Waals surface area contributed by atoms with Crippen LogP contribution in [0.5, 0.6) is 0 Å². The number of carbonyl (C=O) groups excluding carboxylic acids is 1. The number of rotatable bonds is 3. The Kier molecular flexibility index (Phi) is 4.55. The van der Waals surface area contributed by atoms with Gasteiger partial charge >= 0.3 is 0 Å². The van der Waals surface area contributed by atoms with Crippen LogP contribution in [-0.2, 0) is 11.3 Å². The summed E-state index contributed by atoms with van der Waals surface area (Å²) in [5.41, 5.74) is 0.792. The molecule has 7 heteroatoms. The molecule has 0 fully saturated rings. The average molecular weight is 365 g/mol. The molecule has 1 amide bonds. The number of halogens is 3. The van der Waals surface area contributed by atoms with Gasteiger partial charge in [-0.2, -0.15) is 0 Å². The van der Waals surface area contributed by atoms with Crippen molar-refractivity contribution in [1.82, 2.24) is 4.57 Å². The van der Waals surface area contributed by atoms with Gasteiger partial charge in [0.25, 0.3) is 0 Å².